The van der Waals surface area contributed by atoms with Crippen molar-refractivity contribution in [1.29, 1.82) is 0 Å². The van der Waals surface area contributed by atoms with Crippen molar-refractivity contribution < 1.29 is 4.79 Å². The Morgan fingerprint density at radius 3 is 1.29 bits per heavy atom. The third-order valence-electron chi connectivity index (χ3n) is 4.42. The Morgan fingerprint density at radius 1 is 0.583 bits per heavy atom. The molecule has 0 radical (unpaired) electrons. The van der Waals surface area contributed by atoms with E-state index in [1.54, 1.807) is 0 Å². The number of ketones is 1. The number of rotatable bonds is 4. The standard InChI is InChI=1S/C23H22O/c1-16-4-10-19(11-5-16)22(20-12-6-17(2)7-13-20)23(24)21-14-8-18(3)9-15-21/h4-15,22H,1-3H3. The molecule has 0 aliphatic carbocycles. The van der Waals surface area contributed by atoms with Gasteiger partial charge < -0.3 is 0 Å². The largest absolute Gasteiger partial charge is 0.293 e. The number of hydrogen-bond donors (Lipinski definition) is 0. The topological polar surface area (TPSA) is 17.1 Å². The second-order valence-corrected chi connectivity index (χ2v) is 6.48. The van der Waals surface area contributed by atoms with Crippen LogP contribution in [-0.2, 0) is 0 Å². The van der Waals surface area contributed by atoms with Crippen LogP contribution in [0.15, 0.2) is 72.8 Å². The Balaban J connectivity index is 2.07. The van der Waals surface area contributed by atoms with Gasteiger partial charge in [-0.05, 0) is 31.9 Å². The zero-order chi connectivity index (χ0) is 17.1. The van der Waals surface area contributed by atoms with E-state index < -0.39 is 0 Å². The maximum atomic E-state index is 13.2. The molecule has 1 nitrogen and oxygen atoms in total. The van der Waals surface area contributed by atoms with Crippen LogP contribution < -0.4 is 0 Å². The highest BCUT2D eigenvalue weighted by atomic mass is 16.1. The molecule has 3 aromatic carbocycles. The third kappa shape index (κ3) is 3.46. The highest BCUT2D eigenvalue weighted by Crippen LogP contribution is 2.29. The third-order valence-corrected chi connectivity index (χ3v) is 4.42. The van der Waals surface area contributed by atoms with E-state index >= 15 is 0 Å². The van der Waals surface area contributed by atoms with Gasteiger partial charge in [0.25, 0.3) is 0 Å². The molecule has 0 heterocycles. The van der Waals surface area contributed by atoms with Crippen LogP contribution in [0.5, 0.6) is 0 Å². The molecule has 0 atom stereocenters. The average Bonchev–Trinajstić information content (AvgIpc) is 2.59. The lowest BCUT2D eigenvalue weighted by molar-refractivity contribution is 0.0974. The summed E-state index contributed by atoms with van der Waals surface area (Å²) in [7, 11) is 0. The number of carbonyl (C=O) groups is 1. The van der Waals surface area contributed by atoms with Crippen molar-refractivity contribution in [3.05, 3.63) is 106 Å². The van der Waals surface area contributed by atoms with Crippen LogP contribution in [0, 0.1) is 20.8 Å². The van der Waals surface area contributed by atoms with Gasteiger partial charge in [-0.15, -0.1) is 0 Å². The average molecular weight is 314 g/mol. The molecule has 0 N–H and O–H groups in total. The lowest BCUT2D eigenvalue weighted by Crippen LogP contribution is -2.14. The van der Waals surface area contributed by atoms with Gasteiger partial charge in [0.2, 0.25) is 0 Å². The first-order valence-corrected chi connectivity index (χ1v) is 8.28. The summed E-state index contributed by atoms with van der Waals surface area (Å²) >= 11 is 0. The molecule has 0 saturated carbocycles. The zero-order valence-corrected chi connectivity index (χ0v) is 14.4. The molecule has 0 bridgehead atoms. The highest BCUT2D eigenvalue weighted by molar-refractivity contribution is 6.03. The van der Waals surface area contributed by atoms with Gasteiger partial charge in [0.05, 0.1) is 5.92 Å². The summed E-state index contributed by atoms with van der Waals surface area (Å²) in [4.78, 5) is 13.2. The van der Waals surface area contributed by atoms with Crippen molar-refractivity contribution >= 4 is 5.78 Å². The van der Waals surface area contributed by atoms with E-state index in [1.807, 2.05) is 31.2 Å². The van der Waals surface area contributed by atoms with E-state index in [9.17, 15) is 4.79 Å². The fraction of sp³-hybridized carbons (Fsp3) is 0.174. The van der Waals surface area contributed by atoms with Gasteiger partial charge in [-0.3, -0.25) is 4.79 Å². The Labute approximate surface area is 144 Å². The minimum Gasteiger partial charge on any atom is -0.293 e. The molecule has 3 aromatic rings. The molecule has 0 amide bonds. The summed E-state index contributed by atoms with van der Waals surface area (Å²) in [5, 5.41) is 0. The fourth-order valence-electron chi connectivity index (χ4n) is 2.90. The highest BCUT2D eigenvalue weighted by Gasteiger charge is 2.23. The lowest BCUT2D eigenvalue weighted by atomic mass is 9.84. The normalized spacial score (nSPS) is 10.8. The van der Waals surface area contributed by atoms with E-state index in [0.717, 1.165) is 22.3 Å². The Kier molecular flexibility index (Phi) is 4.61. The number of Topliss-reactive ketones (excluding diaryl/α,β-unsaturated/α-hetero) is 1. The summed E-state index contributed by atoms with van der Waals surface area (Å²) in [6.07, 6.45) is 0. The first kappa shape index (κ1) is 16.2. The molecular weight excluding hydrogens is 292 g/mol. The van der Waals surface area contributed by atoms with Gasteiger partial charge in [-0.2, -0.15) is 0 Å². The molecule has 3 rings (SSSR count). The van der Waals surface area contributed by atoms with E-state index in [2.05, 4.69) is 62.4 Å². The first-order valence-electron chi connectivity index (χ1n) is 8.28. The van der Waals surface area contributed by atoms with Crippen molar-refractivity contribution in [2.75, 3.05) is 0 Å². The van der Waals surface area contributed by atoms with E-state index in [1.165, 1.54) is 11.1 Å². The molecule has 0 unspecified atom stereocenters. The monoisotopic (exact) mass is 314 g/mol. The van der Waals surface area contributed by atoms with Crippen molar-refractivity contribution in [3.63, 3.8) is 0 Å². The van der Waals surface area contributed by atoms with Gasteiger partial charge in [0, 0.05) is 5.56 Å². The van der Waals surface area contributed by atoms with Crippen molar-refractivity contribution in [3.8, 4) is 0 Å². The fourth-order valence-corrected chi connectivity index (χ4v) is 2.90. The summed E-state index contributed by atoms with van der Waals surface area (Å²) in [5.41, 5.74) is 6.39. The summed E-state index contributed by atoms with van der Waals surface area (Å²) in [6.45, 7) is 6.16. The molecule has 0 aliphatic rings. The van der Waals surface area contributed by atoms with Gasteiger partial charge in [-0.25, -0.2) is 0 Å². The van der Waals surface area contributed by atoms with Crippen molar-refractivity contribution in [2.24, 2.45) is 0 Å². The van der Waals surface area contributed by atoms with Crippen molar-refractivity contribution in [1.82, 2.24) is 0 Å². The maximum Gasteiger partial charge on any atom is 0.174 e. The molecule has 0 spiro atoms. The molecule has 0 saturated heterocycles. The van der Waals surface area contributed by atoms with E-state index in [4.69, 9.17) is 0 Å². The zero-order valence-electron chi connectivity index (χ0n) is 14.4. The predicted molar refractivity (Wildman–Crippen MR) is 99.7 cm³/mol. The number of aryl methyl sites for hydroxylation is 3. The van der Waals surface area contributed by atoms with Gasteiger partial charge in [0.1, 0.15) is 0 Å². The van der Waals surface area contributed by atoms with Crippen LogP contribution in [0.25, 0.3) is 0 Å². The quantitative estimate of drug-likeness (QED) is 0.571. The van der Waals surface area contributed by atoms with Crippen LogP contribution in [-0.4, -0.2) is 5.78 Å². The number of carbonyl (C=O) groups excluding carboxylic acids is 1. The summed E-state index contributed by atoms with van der Waals surface area (Å²) in [5.74, 6) is -0.128. The van der Waals surface area contributed by atoms with Crippen LogP contribution in [0.4, 0.5) is 0 Å². The minimum atomic E-state index is -0.270. The van der Waals surface area contributed by atoms with E-state index in [0.29, 0.717) is 0 Å². The van der Waals surface area contributed by atoms with Crippen LogP contribution in [0.3, 0.4) is 0 Å². The van der Waals surface area contributed by atoms with Crippen LogP contribution >= 0.6 is 0 Å². The van der Waals surface area contributed by atoms with E-state index in [-0.39, 0.29) is 11.7 Å². The molecule has 120 valence electrons. The Morgan fingerprint density at radius 2 is 0.917 bits per heavy atom. The van der Waals surface area contributed by atoms with Gasteiger partial charge in [0.15, 0.2) is 5.78 Å². The molecule has 24 heavy (non-hydrogen) atoms. The second kappa shape index (κ2) is 6.84. The molecular formula is C23H22O. The Bertz CT molecular complexity index is 779. The summed E-state index contributed by atoms with van der Waals surface area (Å²) < 4.78 is 0. The minimum absolute atomic E-state index is 0.141. The first-order chi connectivity index (χ1) is 11.5. The smallest absolute Gasteiger partial charge is 0.174 e. The summed E-state index contributed by atoms with van der Waals surface area (Å²) in [6, 6.07) is 24.4. The number of hydrogen-bond acceptors (Lipinski definition) is 1. The second-order valence-electron chi connectivity index (χ2n) is 6.48. The predicted octanol–water partition coefficient (Wildman–Crippen LogP) is 5.63. The lowest BCUT2D eigenvalue weighted by Gasteiger charge is -2.18. The van der Waals surface area contributed by atoms with Crippen LogP contribution in [0.2, 0.25) is 0 Å². The number of benzene rings is 3. The van der Waals surface area contributed by atoms with Crippen LogP contribution in [0.1, 0.15) is 44.1 Å². The SMILES string of the molecule is Cc1ccc(C(=O)C(c2ccc(C)cc2)c2ccc(C)cc2)cc1. The van der Waals surface area contributed by atoms with Gasteiger partial charge >= 0.3 is 0 Å². The molecule has 1 heteroatoms. The molecule has 0 aliphatic heterocycles. The Hall–Kier alpha value is -2.67. The molecule has 0 fully saturated rings. The molecule has 0 aromatic heterocycles. The van der Waals surface area contributed by atoms with Gasteiger partial charge in [-0.1, -0.05) is 89.5 Å². The van der Waals surface area contributed by atoms with Crippen molar-refractivity contribution in [2.45, 2.75) is 26.7 Å². The maximum absolute atomic E-state index is 13.2.